The summed E-state index contributed by atoms with van der Waals surface area (Å²) in [6.07, 6.45) is 1.23. The van der Waals surface area contributed by atoms with Crippen LogP contribution in [0.3, 0.4) is 0 Å². The number of ether oxygens (including phenoxy) is 1. The molecule has 0 aliphatic rings. The Balaban J connectivity index is 2.52. The van der Waals surface area contributed by atoms with E-state index >= 15 is 0 Å². The normalized spacial score (nSPS) is 13.4. The number of nitrogens with zero attached hydrogens (tertiary/aromatic N) is 2. The minimum Gasteiger partial charge on any atom is -0.377 e. The molecule has 0 fully saturated rings. The van der Waals surface area contributed by atoms with Crippen LogP contribution in [0, 0.1) is 6.92 Å². The Morgan fingerprint density at radius 2 is 2.19 bits per heavy atom. The summed E-state index contributed by atoms with van der Waals surface area (Å²) in [6, 6.07) is 2.47. The first kappa shape index (κ1) is 13.2. The van der Waals surface area contributed by atoms with Crippen molar-refractivity contribution in [3.63, 3.8) is 0 Å². The lowest BCUT2D eigenvalue weighted by atomic mass is 10.1. The summed E-state index contributed by atoms with van der Waals surface area (Å²) in [5, 5.41) is 7.62. The smallest absolute Gasteiger partial charge is 0.0626 e. The SMILES string of the molecule is CNC(COC(C)C)Cc1cc(C)nn1C. The summed E-state index contributed by atoms with van der Waals surface area (Å²) in [5.74, 6) is 0. The van der Waals surface area contributed by atoms with E-state index in [1.54, 1.807) is 0 Å². The first-order chi connectivity index (χ1) is 7.52. The summed E-state index contributed by atoms with van der Waals surface area (Å²) in [4.78, 5) is 0. The van der Waals surface area contributed by atoms with Crippen molar-refractivity contribution >= 4 is 0 Å². The van der Waals surface area contributed by atoms with E-state index in [-0.39, 0.29) is 6.10 Å². The topological polar surface area (TPSA) is 39.1 Å². The number of hydrogen-bond acceptors (Lipinski definition) is 3. The molecular formula is C12H23N3O. The van der Waals surface area contributed by atoms with Gasteiger partial charge in [-0.05, 0) is 33.9 Å². The summed E-state index contributed by atoms with van der Waals surface area (Å²) < 4.78 is 7.56. The highest BCUT2D eigenvalue weighted by Gasteiger charge is 2.11. The third kappa shape index (κ3) is 3.94. The van der Waals surface area contributed by atoms with E-state index in [1.165, 1.54) is 5.69 Å². The summed E-state index contributed by atoms with van der Waals surface area (Å²) in [5.41, 5.74) is 2.31. The largest absolute Gasteiger partial charge is 0.377 e. The van der Waals surface area contributed by atoms with E-state index in [0.717, 1.165) is 18.7 Å². The van der Waals surface area contributed by atoms with Gasteiger partial charge in [-0.15, -0.1) is 0 Å². The van der Waals surface area contributed by atoms with Gasteiger partial charge < -0.3 is 10.1 Å². The molecule has 4 heteroatoms. The quantitative estimate of drug-likeness (QED) is 0.793. The molecule has 1 atom stereocenters. The fraction of sp³-hybridized carbons (Fsp3) is 0.750. The molecule has 0 radical (unpaired) electrons. The fourth-order valence-corrected chi connectivity index (χ4v) is 1.66. The minimum atomic E-state index is 0.282. The summed E-state index contributed by atoms with van der Waals surface area (Å²) in [6.45, 7) is 6.86. The predicted octanol–water partition coefficient (Wildman–Crippen LogP) is 1.28. The van der Waals surface area contributed by atoms with Crippen molar-refractivity contribution in [1.82, 2.24) is 15.1 Å². The Kier molecular flexibility index (Phi) is 4.96. The van der Waals surface area contributed by atoms with E-state index in [4.69, 9.17) is 4.74 Å². The van der Waals surface area contributed by atoms with Gasteiger partial charge in [-0.2, -0.15) is 5.10 Å². The van der Waals surface area contributed by atoms with E-state index < -0.39 is 0 Å². The lowest BCUT2D eigenvalue weighted by molar-refractivity contribution is 0.0624. The maximum Gasteiger partial charge on any atom is 0.0626 e. The molecule has 1 N–H and O–H groups in total. The zero-order valence-corrected chi connectivity index (χ0v) is 10.9. The molecule has 0 amide bonds. The predicted molar refractivity (Wildman–Crippen MR) is 65.6 cm³/mol. The van der Waals surface area contributed by atoms with Crippen LogP contribution in [0.25, 0.3) is 0 Å². The van der Waals surface area contributed by atoms with Gasteiger partial charge in [-0.25, -0.2) is 0 Å². The molecule has 0 aliphatic carbocycles. The van der Waals surface area contributed by atoms with Crippen LogP contribution < -0.4 is 5.32 Å². The average molecular weight is 225 g/mol. The number of likely N-dealkylation sites (N-methyl/N-ethyl adjacent to an activating group) is 1. The second-order valence-corrected chi connectivity index (χ2v) is 4.47. The van der Waals surface area contributed by atoms with Gasteiger partial charge in [0.05, 0.1) is 18.4 Å². The molecule has 1 aromatic rings. The molecule has 0 bridgehead atoms. The summed E-state index contributed by atoms with van der Waals surface area (Å²) >= 11 is 0. The van der Waals surface area contributed by atoms with Crippen LogP contribution >= 0.6 is 0 Å². The van der Waals surface area contributed by atoms with Crippen molar-refractivity contribution in [3.8, 4) is 0 Å². The van der Waals surface area contributed by atoms with Crippen molar-refractivity contribution in [2.24, 2.45) is 7.05 Å². The maximum absolute atomic E-state index is 5.62. The van der Waals surface area contributed by atoms with Crippen molar-refractivity contribution in [1.29, 1.82) is 0 Å². The molecule has 92 valence electrons. The van der Waals surface area contributed by atoms with Gasteiger partial charge >= 0.3 is 0 Å². The molecule has 0 aromatic carbocycles. The second kappa shape index (κ2) is 6.01. The molecule has 0 saturated carbocycles. The van der Waals surface area contributed by atoms with Gasteiger partial charge in [0.2, 0.25) is 0 Å². The van der Waals surface area contributed by atoms with Gasteiger partial charge in [0.25, 0.3) is 0 Å². The number of hydrogen-bond donors (Lipinski definition) is 1. The zero-order valence-electron chi connectivity index (χ0n) is 10.9. The Labute approximate surface area is 98.0 Å². The molecule has 1 heterocycles. The third-order valence-corrected chi connectivity index (χ3v) is 2.59. The van der Waals surface area contributed by atoms with Crippen molar-refractivity contribution < 1.29 is 4.74 Å². The number of aryl methyl sites for hydroxylation is 2. The number of nitrogens with one attached hydrogen (secondary N) is 1. The van der Waals surface area contributed by atoms with Crippen LogP contribution in [0.4, 0.5) is 0 Å². The third-order valence-electron chi connectivity index (χ3n) is 2.59. The fourth-order valence-electron chi connectivity index (χ4n) is 1.66. The molecule has 0 spiro atoms. The zero-order chi connectivity index (χ0) is 12.1. The van der Waals surface area contributed by atoms with Gasteiger partial charge in [-0.1, -0.05) is 0 Å². The highest BCUT2D eigenvalue weighted by molar-refractivity contribution is 5.10. The van der Waals surface area contributed by atoms with E-state index in [0.29, 0.717) is 6.04 Å². The minimum absolute atomic E-state index is 0.282. The van der Waals surface area contributed by atoms with Crippen LogP contribution in [0.1, 0.15) is 25.2 Å². The highest BCUT2D eigenvalue weighted by Crippen LogP contribution is 2.06. The first-order valence-electron chi connectivity index (χ1n) is 5.81. The molecule has 16 heavy (non-hydrogen) atoms. The monoisotopic (exact) mass is 225 g/mol. The Hall–Kier alpha value is -0.870. The average Bonchev–Trinajstić information content (AvgIpc) is 2.51. The van der Waals surface area contributed by atoms with Gasteiger partial charge in [0.15, 0.2) is 0 Å². The molecular weight excluding hydrogens is 202 g/mol. The van der Waals surface area contributed by atoms with Crippen LogP contribution in [0.2, 0.25) is 0 Å². The van der Waals surface area contributed by atoms with Crippen molar-refractivity contribution in [2.75, 3.05) is 13.7 Å². The second-order valence-electron chi connectivity index (χ2n) is 4.47. The van der Waals surface area contributed by atoms with Crippen molar-refractivity contribution in [2.45, 2.75) is 39.3 Å². The molecule has 0 saturated heterocycles. The maximum atomic E-state index is 5.62. The van der Waals surface area contributed by atoms with Crippen LogP contribution in [-0.2, 0) is 18.2 Å². The molecule has 1 aromatic heterocycles. The first-order valence-corrected chi connectivity index (χ1v) is 5.81. The van der Waals surface area contributed by atoms with E-state index in [1.807, 2.05) is 25.7 Å². The molecule has 4 nitrogen and oxygen atoms in total. The Morgan fingerprint density at radius 3 is 2.62 bits per heavy atom. The highest BCUT2D eigenvalue weighted by atomic mass is 16.5. The van der Waals surface area contributed by atoms with Crippen molar-refractivity contribution in [3.05, 3.63) is 17.5 Å². The number of aromatic nitrogens is 2. The van der Waals surface area contributed by atoms with Gasteiger partial charge in [0, 0.05) is 25.2 Å². The Morgan fingerprint density at radius 1 is 1.50 bits per heavy atom. The lowest BCUT2D eigenvalue weighted by Crippen LogP contribution is -2.34. The van der Waals surface area contributed by atoms with E-state index in [9.17, 15) is 0 Å². The lowest BCUT2D eigenvalue weighted by Gasteiger charge is -2.18. The summed E-state index contributed by atoms with van der Waals surface area (Å²) in [7, 11) is 3.95. The number of rotatable bonds is 6. The molecule has 1 unspecified atom stereocenters. The van der Waals surface area contributed by atoms with Crippen LogP contribution in [-0.4, -0.2) is 35.6 Å². The standard InChI is InChI=1S/C12H23N3O/c1-9(2)16-8-11(13-4)7-12-6-10(3)14-15(12)5/h6,9,11,13H,7-8H2,1-5H3. The van der Waals surface area contributed by atoms with E-state index in [2.05, 4.69) is 30.3 Å². The van der Waals surface area contributed by atoms with Gasteiger partial charge in [0.1, 0.15) is 0 Å². The van der Waals surface area contributed by atoms with Crippen LogP contribution in [0.15, 0.2) is 6.07 Å². The van der Waals surface area contributed by atoms with Gasteiger partial charge in [-0.3, -0.25) is 4.68 Å². The Bertz CT molecular complexity index is 320. The molecule has 1 rings (SSSR count). The molecule has 0 aliphatic heterocycles. The van der Waals surface area contributed by atoms with Crippen LogP contribution in [0.5, 0.6) is 0 Å².